The van der Waals surface area contributed by atoms with E-state index in [4.69, 9.17) is 5.73 Å². The summed E-state index contributed by atoms with van der Waals surface area (Å²) in [5.74, 6) is 0.217. The van der Waals surface area contributed by atoms with Gasteiger partial charge in [-0.3, -0.25) is 0 Å². The summed E-state index contributed by atoms with van der Waals surface area (Å²) in [6.45, 7) is 3.99. The number of rotatable bonds is 5. The Morgan fingerprint density at radius 1 is 1.00 bits per heavy atom. The van der Waals surface area contributed by atoms with Gasteiger partial charge in [0.1, 0.15) is 0 Å². The minimum atomic E-state index is -0.486. The normalized spacial score (nSPS) is 11.4. The van der Waals surface area contributed by atoms with Crippen LogP contribution in [0.3, 0.4) is 0 Å². The molecular weight excluding hydrogens is 260 g/mol. The molecule has 3 N–H and O–H groups in total. The first-order valence-corrected chi connectivity index (χ1v) is 7.15. The van der Waals surface area contributed by atoms with Crippen molar-refractivity contribution in [3.63, 3.8) is 0 Å². The van der Waals surface area contributed by atoms with Crippen LogP contribution in [0, 0.1) is 0 Å². The summed E-state index contributed by atoms with van der Waals surface area (Å²) in [4.78, 5) is 11.2. The predicted octanol–water partition coefficient (Wildman–Crippen LogP) is 3.66. The third kappa shape index (κ3) is 4.35. The van der Waals surface area contributed by atoms with Gasteiger partial charge in [0.05, 0.1) is 0 Å². The molecule has 0 aliphatic heterocycles. The lowest BCUT2D eigenvalue weighted by Gasteiger charge is -2.30. The number of nitrogens with two attached hydrogens (primary N) is 1. The fourth-order valence-corrected chi connectivity index (χ4v) is 2.69. The van der Waals surface area contributed by atoms with Crippen molar-refractivity contribution in [2.45, 2.75) is 31.7 Å². The maximum atomic E-state index is 11.2. The van der Waals surface area contributed by atoms with Gasteiger partial charge in [0, 0.05) is 11.5 Å². The van der Waals surface area contributed by atoms with E-state index in [1.54, 1.807) is 0 Å². The topological polar surface area (TPSA) is 55.1 Å². The molecule has 110 valence electrons. The molecule has 0 fully saturated rings. The summed E-state index contributed by atoms with van der Waals surface area (Å²) < 4.78 is 0. The number of hydrogen-bond acceptors (Lipinski definition) is 1. The molecule has 3 heteroatoms. The highest BCUT2D eigenvalue weighted by molar-refractivity contribution is 5.72. The Morgan fingerprint density at radius 3 is 1.81 bits per heavy atom. The Hall–Kier alpha value is -2.29. The second kappa shape index (κ2) is 6.44. The molecule has 0 bridgehead atoms. The maximum Gasteiger partial charge on any atom is 0.312 e. The number of urea groups is 1. The van der Waals surface area contributed by atoms with Crippen LogP contribution in [0.1, 0.15) is 37.3 Å². The molecule has 0 heterocycles. The van der Waals surface area contributed by atoms with E-state index in [0.717, 1.165) is 6.42 Å². The standard InChI is InChI=1S/C18H22N2O/c1-18(2,20-17(19)21)13-16(14-9-5-3-6-10-14)15-11-7-4-8-12-15/h3-12,16H,13H2,1-2H3,(H3,19,20,21). The number of primary amides is 1. The zero-order valence-corrected chi connectivity index (χ0v) is 12.5. The number of carbonyl (C=O) groups is 1. The van der Waals surface area contributed by atoms with Gasteiger partial charge in [-0.25, -0.2) is 4.79 Å². The van der Waals surface area contributed by atoms with Gasteiger partial charge in [-0.05, 0) is 31.4 Å². The molecule has 0 spiro atoms. The van der Waals surface area contributed by atoms with Gasteiger partial charge in [0.2, 0.25) is 0 Å². The molecule has 0 atom stereocenters. The Morgan fingerprint density at radius 2 is 1.43 bits per heavy atom. The maximum absolute atomic E-state index is 11.2. The molecule has 0 aromatic heterocycles. The van der Waals surface area contributed by atoms with Crippen LogP contribution in [-0.4, -0.2) is 11.6 Å². The average Bonchev–Trinajstić information content (AvgIpc) is 2.45. The minimum absolute atomic E-state index is 0.217. The van der Waals surface area contributed by atoms with Gasteiger partial charge in [-0.2, -0.15) is 0 Å². The second-order valence-electron chi connectivity index (χ2n) is 5.95. The van der Waals surface area contributed by atoms with Crippen LogP contribution in [-0.2, 0) is 0 Å². The highest BCUT2D eigenvalue weighted by Crippen LogP contribution is 2.32. The van der Waals surface area contributed by atoms with E-state index in [1.165, 1.54) is 11.1 Å². The van der Waals surface area contributed by atoms with E-state index >= 15 is 0 Å². The van der Waals surface area contributed by atoms with Gasteiger partial charge in [-0.1, -0.05) is 60.7 Å². The Labute approximate surface area is 126 Å². The fraction of sp³-hybridized carbons (Fsp3) is 0.278. The lowest BCUT2D eigenvalue weighted by Crippen LogP contribution is -2.47. The smallest absolute Gasteiger partial charge is 0.312 e. The van der Waals surface area contributed by atoms with Crippen molar-refractivity contribution in [3.8, 4) is 0 Å². The lowest BCUT2D eigenvalue weighted by atomic mass is 9.81. The quantitative estimate of drug-likeness (QED) is 0.864. The van der Waals surface area contributed by atoms with Crippen LogP contribution >= 0.6 is 0 Å². The molecule has 2 rings (SSSR count). The second-order valence-corrected chi connectivity index (χ2v) is 5.95. The highest BCUT2D eigenvalue weighted by Gasteiger charge is 2.26. The van der Waals surface area contributed by atoms with Gasteiger partial charge in [0.15, 0.2) is 0 Å². The van der Waals surface area contributed by atoms with Crippen molar-refractivity contribution in [2.24, 2.45) is 5.73 Å². The van der Waals surface area contributed by atoms with E-state index in [0.29, 0.717) is 0 Å². The third-order valence-corrected chi connectivity index (χ3v) is 3.58. The molecule has 0 aliphatic carbocycles. The fourth-order valence-electron chi connectivity index (χ4n) is 2.69. The van der Waals surface area contributed by atoms with Crippen LogP contribution in [0.4, 0.5) is 4.79 Å². The van der Waals surface area contributed by atoms with Crippen molar-refractivity contribution < 1.29 is 4.79 Å². The van der Waals surface area contributed by atoms with Crippen LogP contribution in [0.2, 0.25) is 0 Å². The summed E-state index contributed by atoms with van der Waals surface area (Å²) in [5, 5.41) is 2.83. The van der Waals surface area contributed by atoms with Gasteiger partial charge in [-0.15, -0.1) is 0 Å². The Bertz CT molecular complexity index is 539. The van der Waals surface area contributed by atoms with Crippen LogP contribution in [0.5, 0.6) is 0 Å². The molecule has 0 aliphatic rings. The number of nitrogens with one attached hydrogen (secondary N) is 1. The lowest BCUT2D eigenvalue weighted by molar-refractivity contribution is 0.235. The highest BCUT2D eigenvalue weighted by atomic mass is 16.2. The summed E-state index contributed by atoms with van der Waals surface area (Å²) in [5.41, 5.74) is 7.39. The summed E-state index contributed by atoms with van der Waals surface area (Å²) in [7, 11) is 0. The largest absolute Gasteiger partial charge is 0.352 e. The molecule has 2 aromatic rings. The number of amides is 2. The van der Waals surface area contributed by atoms with Crippen molar-refractivity contribution in [1.29, 1.82) is 0 Å². The molecule has 21 heavy (non-hydrogen) atoms. The average molecular weight is 282 g/mol. The third-order valence-electron chi connectivity index (χ3n) is 3.58. The SMILES string of the molecule is CC(C)(CC(c1ccccc1)c1ccccc1)NC(N)=O. The van der Waals surface area contributed by atoms with E-state index in [1.807, 2.05) is 50.2 Å². The van der Waals surface area contributed by atoms with E-state index < -0.39 is 6.03 Å². The number of carbonyl (C=O) groups excluding carboxylic acids is 1. The van der Waals surface area contributed by atoms with Crippen molar-refractivity contribution >= 4 is 6.03 Å². The van der Waals surface area contributed by atoms with Gasteiger partial charge >= 0.3 is 6.03 Å². The van der Waals surface area contributed by atoms with Crippen molar-refractivity contribution in [2.75, 3.05) is 0 Å². The summed E-state index contributed by atoms with van der Waals surface area (Å²) >= 11 is 0. The first kappa shape index (κ1) is 15.1. The van der Waals surface area contributed by atoms with Gasteiger partial charge in [0.25, 0.3) is 0 Å². The zero-order valence-electron chi connectivity index (χ0n) is 12.5. The predicted molar refractivity (Wildman–Crippen MR) is 86.1 cm³/mol. The molecule has 0 radical (unpaired) electrons. The minimum Gasteiger partial charge on any atom is -0.352 e. The van der Waals surface area contributed by atoms with Crippen LogP contribution in [0.25, 0.3) is 0 Å². The first-order valence-electron chi connectivity index (χ1n) is 7.15. The van der Waals surface area contributed by atoms with Crippen LogP contribution in [0.15, 0.2) is 60.7 Å². The first-order chi connectivity index (χ1) is 9.98. The van der Waals surface area contributed by atoms with Crippen LogP contribution < -0.4 is 11.1 Å². The molecule has 0 saturated carbocycles. The molecular formula is C18H22N2O. The van der Waals surface area contributed by atoms with Gasteiger partial charge < -0.3 is 11.1 Å². The zero-order chi connectivity index (χ0) is 15.3. The van der Waals surface area contributed by atoms with E-state index in [9.17, 15) is 4.79 Å². The Kier molecular flexibility index (Phi) is 4.63. The molecule has 0 unspecified atom stereocenters. The van der Waals surface area contributed by atoms with E-state index in [-0.39, 0.29) is 11.5 Å². The summed E-state index contributed by atoms with van der Waals surface area (Å²) in [6, 6.07) is 20.2. The number of benzene rings is 2. The van der Waals surface area contributed by atoms with E-state index in [2.05, 4.69) is 29.6 Å². The van der Waals surface area contributed by atoms with Crippen molar-refractivity contribution in [3.05, 3.63) is 71.8 Å². The number of hydrogen-bond donors (Lipinski definition) is 2. The Balaban J connectivity index is 2.31. The molecule has 2 amide bonds. The monoisotopic (exact) mass is 282 g/mol. The van der Waals surface area contributed by atoms with Crippen molar-refractivity contribution in [1.82, 2.24) is 5.32 Å². The molecule has 0 saturated heterocycles. The summed E-state index contributed by atoms with van der Waals surface area (Å²) in [6.07, 6.45) is 0.782. The molecule has 3 nitrogen and oxygen atoms in total. The molecule has 2 aromatic carbocycles.